The Morgan fingerprint density at radius 1 is 1.45 bits per heavy atom. The van der Waals surface area contributed by atoms with Gasteiger partial charge in [0.2, 0.25) is 10.0 Å². The molecule has 0 bridgehead atoms. The fraction of sp³-hybridized carbons (Fsp3) is 0.733. The van der Waals surface area contributed by atoms with E-state index in [1.54, 1.807) is 0 Å². The summed E-state index contributed by atoms with van der Waals surface area (Å²) in [5, 5.41) is 0. The van der Waals surface area contributed by atoms with E-state index in [-0.39, 0.29) is 5.60 Å². The van der Waals surface area contributed by atoms with E-state index < -0.39 is 10.0 Å². The maximum absolute atomic E-state index is 11.1. The monoisotopic (exact) mass is 344 g/mol. The number of rotatable bonds is 5. The first-order valence-electron chi connectivity index (χ1n) is 7.70. The van der Waals surface area contributed by atoms with Gasteiger partial charge in [-0.2, -0.15) is 0 Å². The lowest BCUT2D eigenvalue weighted by Crippen LogP contribution is -2.64. The summed E-state index contributed by atoms with van der Waals surface area (Å²) < 4.78 is 30.9. The molecule has 7 heteroatoms. The minimum absolute atomic E-state index is 0.0217. The van der Waals surface area contributed by atoms with Gasteiger partial charge in [-0.05, 0) is 37.8 Å². The molecule has 3 rings (SSSR count). The van der Waals surface area contributed by atoms with Crippen LogP contribution in [0.1, 0.15) is 22.6 Å². The Labute approximate surface area is 136 Å². The highest BCUT2D eigenvalue weighted by atomic mass is 32.2. The summed E-state index contributed by atoms with van der Waals surface area (Å²) in [6.07, 6.45) is 3.27. The Kier molecular flexibility index (Phi) is 4.62. The van der Waals surface area contributed by atoms with Crippen LogP contribution in [0.3, 0.4) is 0 Å². The lowest BCUT2D eigenvalue weighted by atomic mass is 9.83. The molecule has 22 heavy (non-hydrogen) atoms. The fourth-order valence-corrected chi connectivity index (χ4v) is 4.74. The van der Waals surface area contributed by atoms with Crippen molar-refractivity contribution in [2.45, 2.75) is 31.9 Å². The molecule has 124 valence electrons. The molecule has 0 unspecified atom stereocenters. The van der Waals surface area contributed by atoms with Crippen LogP contribution >= 0.6 is 11.3 Å². The minimum atomic E-state index is -3.10. The van der Waals surface area contributed by atoms with Crippen molar-refractivity contribution < 1.29 is 13.2 Å². The molecule has 0 amide bonds. The summed E-state index contributed by atoms with van der Waals surface area (Å²) >= 11 is 1.86. The van der Waals surface area contributed by atoms with Crippen LogP contribution in [0.15, 0.2) is 12.1 Å². The highest BCUT2D eigenvalue weighted by Crippen LogP contribution is 2.37. The van der Waals surface area contributed by atoms with Crippen molar-refractivity contribution in [3.05, 3.63) is 21.9 Å². The largest absolute Gasteiger partial charge is 0.372 e. The first-order chi connectivity index (χ1) is 10.3. The summed E-state index contributed by atoms with van der Waals surface area (Å²) in [6, 6.07) is 4.38. The third kappa shape index (κ3) is 4.08. The molecule has 1 N–H and O–H groups in total. The molecule has 2 fully saturated rings. The van der Waals surface area contributed by atoms with Crippen molar-refractivity contribution in [2.24, 2.45) is 5.92 Å². The molecule has 2 saturated heterocycles. The molecular formula is C15H24N2O3S2. The lowest BCUT2D eigenvalue weighted by Gasteiger charge is -2.52. The summed E-state index contributed by atoms with van der Waals surface area (Å²) in [5.41, 5.74) is 0.0217. The van der Waals surface area contributed by atoms with Gasteiger partial charge in [0.1, 0.15) is 0 Å². The van der Waals surface area contributed by atoms with Crippen molar-refractivity contribution in [1.82, 2.24) is 9.62 Å². The molecule has 3 heterocycles. The standard InChI is InChI=1S/C15H24N2O3S2/c1-12-3-4-14(21-12)8-17-10-15(11-17)6-5-13(9-20-15)7-16-22(2,18)19/h3-4,13,16H,5-11H2,1-2H3/t13-/m0/s1. The van der Waals surface area contributed by atoms with E-state index in [4.69, 9.17) is 4.74 Å². The molecule has 2 aliphatic heterocycles. The highest BCUT2D eigenvalue weighted by molar-refractivity contribution is 7.88. The number of likely N-dealkylation sites (tertiary alicyclic amines) is 1. The van der Waals surface area contributed by atoms with E-state index in [1.807, 2.05) is 11.3 Å². The summed E-state index contributed by atoms with van der Waals surface area (Å²) in [7, 11) is -3.10. The average Bonchev–Trinajstić information content (AvgIpc) is 2.81. The predicted molar refractivity (Wildman–Crippen MR) is 88.6 cm³/mol. The second kappa shape index (κ2) is 6.20. The number of thiophene rings is 1. The second-order valence-corrected chi connectivity index (χ2v) is 9.88. The summed E-state index contributed by atoms with van der Waals surface area (Å²) in [6.45, 7) is 6.30. The van der Waals surface area contributed by atoms with Crippen molar-refractivity contribution in [3.8, 4) is 0 Å². The quantitative estimate of drug-likeness (QED) is 0.881. The van der Waals surface area contributed by atoms with Gasteiger partial charge in [-0.1, -0.05) is 0 Å². The molecular weight excluding hydrogens is 320 g/mol. The molecule has 0 saturated carbocycles. The van der Waals surface area contributed by atoms with Gasteiger partial charge < -0.3 is 4.74 Å². The molecule has 1 aromatic heterocycles. The van der Waals surface area contributed by atoms with Gasteiger partial charge in [0.25, 0.3) is 0 Å². The van der Waals surface area contributed by atoms with E-state index in [1.165, 1.54) is 16.0 Å². The molecule has 5 nitrogen and oxygen atoms in total. The van der Waals surface area contributed by atoms with Gasteiger partial charge >= 0.3 is 0 Å². The van der Waals surface area contributed by atoms with Crippen LogP contribution in [-0.4, -0.2) is 51.4 Å². The van der Waals surface area contributed by atoms with Gasteiger partial charge in [-0.3, -0.25) is 4.90 Å². The van der Waals surface area contributed by atoms with Crippen molar-refractivity contribution in [1.29, 1.82) is 0 Å². The summed E-state index contributed by atoms with van der Waals surface area (Å²) in [5.74, 6) is 0.300. The molecule has 1 aromatic rings. The van der Waals surface area contributed by atoms with Crippen molar-refractivity contribution >= 4 is 21.4 Å². The van der Waals surface area contributed by atoms with Crippen LogP contribution < -0.4 is 4.72 Å². The van der Waals surface area contributed by atoms with E-state index in [0.29, 0.717) is 19.1 Å². The Hall–Kier alpha value is -0.470. The van der Waals surface area contributed by atoms with Gasteiger partial charge in [-0.15, -0.1) is 11.3 Å². The van der Waals surface area contributed by atoms with Gasteiger partial charge in [-0.25, -0.2) is 13.1 Å². The molecule has 1 spiro atoms. The maximum atomic E-state index is 11.1. The molecule has 2 aliphatic rings. The first kappa shape index (κ1) is 16.4. The third-order valence-corrected chi connectivity index (χ3v) is 6.14. The molecule has 0 radical (unpaired) electrons. The number of aryl methyl sites for hydroxylation is 1. The zero-order valence-electron chi connectivity index (χ0n) is 13.2. The number of hydrogen-bond acceptors (Lipinski definition) is 5. The summed E-state index contributed by atoms with van der Waals surface area (Å²) in [4.78, 5) is 5.21. The third-order valence-electron chi connectivity index (χ3n) is 4.47. The Bertz CT molecular complexity index is 610. The van der Waals surface area contributed by atoms with Gasteiger partial charge in [0.05, 0.1) is 18.5 Å². The highest BCUT2D eigenvalue weighted by Gasteiger charge is 2.46. The second-order valence-electron chi connectivity index (χ2n) is 6.68. The van der Waals surface area contributed by atoms with Crippen LogP contribution in [0.25, 0.3) is 0 Å². The van der Waals surface area contributed by atoms with Crippen molar-refractivity contribution in [2.75, 3.05) is 32.5 Å². The first-order valence-corrected chi connectivity index (χ1v) is 10.4. The Morgan fingerprint density at radius 3 is 2.77 bits per heavy atom. The minimum Gasteiger partial charge on any atom is -0.372 e. The van der Waals surface area contributed by atoms with E-state index >= 15 is 0 Å². The zero-order valence-corrected chi connectivity index (χ0v) is 14.8. The Morgan fingerprint density at radius 2 is 2.23 bits per heavy atom. The van der Waals surface area contributed by atoms with Crippen LogP contribution in [0.5, 0.6) is 0 Å². The number of nitrogens with one attached hydrogen (secondary N) is 1. The molecule has 0 aliphatic carbocycles. The van der Waals surface area contributed by atoms with Crippen LogP contribution in [0.4, 0.5) is 0 Å². The normalized spacial score (nSPS) is 25.3. The zero-order chi connectivity index (χ0) is 15.8. The van der Waals surface area contributed by atoms with E-state index in [2.05, 4.69) is 28.7 Å². The number of hydrogen-bond donors (Lipinski definition) is 1. The van der Waals surface area contributed by atoms with E-state index in [0.717, 1.165) is 32.5 Å². The topological polar surface area (TPSA) is 58.6 Å². The molecule has 0 aromatic carbocycles. The molecule has 1 atom stereocenters. The van der Waals surface area contributed by atoms with Crippen LogP contribution in [-0.2, 0) is 21.3 Å². The van der Waals surface area contributed by atoms with Gasteiger partial charge in [0.15, 0.2) is 0 Å². The lowest BCUT2D eigenvalue weighted by molar-refractivity contribution is -0.180. The van der Waals surface area contributed by atoms with Crippen LogP contribution in [0, 0.1) is 12.8 Å². The smallest absolute Gasteiger partial charge is 0.208 e. The van der Waals surface area contributed by atoms with Crippen molar-refractivity contribution in [3.63, 3.8) is 0 Å². The number of nitrogens with zero attached hydrogens (tertiary/aromatic N) is 1. The number of ether oxygens (including phenoxy) is 1. The fourth-order valence-electron chi connectivity index (χ4n) is 3.27. The Balaban J connectivity index is 1.41. The predicted octanol–water partition coefficient (Wildman–Crippen LogP) is 1.59. The van der Waals surface area contributed by atoms with E-state index in [9.17, 15) is 8.42 Å². The van der Waals surface area contributed by atoms with Gasteiger partial charge in [0, 0.05) is 35.9 Å². The SMILES string of the molecule is Cc1ccc(CN2CC3(CC[C@@H](CNS(C)(=O)=O)CO3)C2)s1. The number of sulfonamides is 1. The average molecular weight is 345 g/mol. The maximum Gasteiger partial charge on any atom is 0.208 e. The van der Waals surface area contributed by atoms with Crippen LogP contribution in [0.2, 0.25) is 0 Å².